The number of aryl methyl sites for hydroxylation is 1. The van der Waals surface area contributed by atoms with E-state index in [-0.39, 0.29) is 60.4 Å². The van der Waals surface area contributed by atoms with E-state index in [1.165, 1.54) is 18.2 Å². The van der Waals surface area contributed by atoms with Crippen LogP contribution in [-0.4, -0.2) is 81.4 Å². The predicted octanol–water partition coefficient (Wildman–Crippen LogP) is 3.52. The molecule has 4 aliphatic rings. The number of halogens is 3. The van der Waals surface area contributed by atoms with Crippen molar-refractivity contribution in [3.63, 3.8) is 0 Å². The average molecular weight is 611 g/mol. The summed E-state index contributed by atoms with van der Waals surface area (Å²) in [6, 6.07) is 5.95. The Morgan fingerprint density at radius 1 is 1.10 bits per heavy atom. The zero-order valence-electron chi connectivity index (χ0n) is 23.3. The van der Waals surface area contributed by atoms with Crippen LogP contribution in [0.3, 0.4) is 0 Å². The number of rotatable bonds is 9. The molecule has 4 fully saturated rings. The van der Waals surface area contributed by atoms with E-state index >= 15 is 0 Å². The molecule has 4 heterocycles. The van der Waals surface area contributed by atoms with E-state index in [9.17, 15) is 31.2 Å². The number of fused-ring (bicyclic) bond motifs is 2. The van der Waals surface area contributed by atoms with E-state index in [2.05, 4.69) is 24.7 Å². The van der Waals surface area contributed by atoms with Crippen molar-refractivity contribution in [3.8, 4) is 0 Å². The average Bonchev–Trinajstić information content (AvgIpc) is 2.91. The Morgan fingerprint density at radius 2 is 1.81 bits per heavy atom. The maximum atomic E-state index is 13.7. The van der Waals surface area contributed by atoms with Crippen molar-refractivity contribution in [1.29, 1.82) is 0 Å². The molecule has 0 atom stereocenters. The van der Waals surface area contributed by atoms with Gasteiger partial charge in [0.25, 0.3) is 11.8 Å². The van der Waals surface area contributed by atoms with Gasteiger partial charge in [0, 0.05) is 55.7 Å². The Kier molecular flexibility index (Phi) is 7.98. The fourth-order valence-corrected chi connectivity index (χ4v) is 6.81. The topological polar surface area (TPSA) is 134 Å². The number of sulfonamides is 1. The number of ether oxygens (including phenoxy) is 1. The van der Waals surface area contributed by atoms with E-state index in [4.69, 9.17) is 0 Å². The number of hydrogen-bond acceptors (Lipinski definition) is 9. The first kappa shape index (κ1) is 29.9. The minimum Gasteiger partial charge on any atom is -0.468 e. The first-order valence-electron chi connectivity index (χ1n) is 13.6. The molecule has 2 bridgehead atoms. The number of methoxy groups -OCH3 is 1. The second-order valence-corrected chi connectivity index (χ2v) is 13.0. The smallest absolute Gasteiger partial charge is 0.322 e. The number of anilines is 4. The third-order valence-electron chi connectivity index (χ3n) is 8.17. The Bertz CT molecular complexity index is 1470. The molecule has 2 N–H and O–H groups in total. The minimum absolute atomic E-state index is 0.0203. The van der Waals surface area contributed by atoms with Gasteiger partial charge in [0.2, 0.25) is 16.0 Å². The highest BCUT2D eigenvalue weighted by atomic mass is 32.2. The van der Waals surface area contributed by atoms with Crippen LogP contribution >= 0.6 is 0 Å². The Morgan fingerprint density at radius 3 is 2.43 bits per heavy atom. The van der Waals surface area contributed by atoms with Gasteiger partial charge < -0.3 is 19.9 Å². The minimum atomic E-state index is -4.08. The van der Waals surface area contributed by atoms with Gasteiger partial charge in [0.05, 0.1) is 30.7 Å². The van der Waals surface area contributed by atoms with Crippen molar-refractivity contribution in [2.24, 2.45) is 5.41 Å². The van der Waals surface area contributed by atoms with Gasteiger partial charge in [-0.15, -0.1) is 0 Å². The second kappa shape index (κ2) is 11.2. The quantitative estimate of drug-likeness (QED) is 0.409. The van der Waals surface area contributed by atoms with Crippen LogP contribution in [0.1, 0.15) is 48.2 Å². The maximum Gasteiger partial charge on any atom is 0.322 e. The first-order chi connectivity index (χ1) is 19.8. The van der Waals surface area contributed by atoms with Gasteiger partial charge in [-0.25, -0.2) is 22.2 Å². The molecular weight excluding hydrogens is 577 g/mol. The number of piperidine rings is 3. The Balaban J connectivity index is 1.41. The molecule has 15 heteroatoms. The van der Waals surface area contributed by atoms with Crippen LogP contribution in [0.25, 0.3) is 0 Å². The van der Waals surface area contributed by atoms with Crippen LogP contribution in [0.4, 0.5) is 36.3 Å². The number of benzene rings is 1. The van der Waals surface area contributed by atoms with E-state index in [1.54, 1.807) is 17.9 Å². The van der Waals surface area contributed by atoms with Crippen molar-refractivity contribution in [1.82, 2.24) is 9.97 Å². The lowest BCUT2D eigenvalue weighted by Crippen LogP contribution is -2.59. The monoisotopic (exact) mass is 610 g/mol. The number of nitrogens with one attached hydrogen (secondary N) is 2. The molecule has 0 unspecified atom stereocenters. The van der Waals surface area contributed by atoms with Gasteiger partial charge in [-0.3, -0.25) is 18.7 Å². The molecule has 6 rings (SSSR count). The lowest BCUT2D eigenvalue weighted by atomic mass is 9.60. The number of hydrogen-bond donors (Lipinski definition) is 2. The van der Waals surface area contributed by atoms with Crippen molar-refractivity contribution in [3.05, 3.63) is 35.5 Å². The Hall–Kier alpha value is -3.62. The van der Waals surface area contributed by atoms with Crippen LogP contribution in [0.2, 0.25) is 0 Å². The number of carbonyl (C=O) groups is 2. The fraction of sp³-hybridized carbons (Fsp3) is 0.556. The van der Waals surface area contributed by atoms with Gasteiger partial charge >= 0.3 is 5.97 Å². The van der Waals surface area contributed by atoms with Crippen LogP contribution in [0.5, 0.6) is 0 Å². The predicted molar refractivity (Wildman–Crippen MR) is 150 cm³/mol. The van der Waals surface area contributed by atoms with E-state index in [0.29, 0.717) is 37.2 Å². The first-order valence-corrected chi connectivity index (χ1v) is 15.3. The van der Waals surface area contributed by atoms with Crippen LogP contribution in [0.15, 0.2) is 24.3 Å². The molecule has 3 saturated heterocycles. The second-order valence-electron chi connectivity index (χ2n) is 11.3. The summed E-state index contributed by atoms with van der Waals surface area (Å²) in [5.74, 6) is -4.63. The van der Waals surface area contributed by atoms with Crippen molar-refractivity contribution < 1.29 is 35.9 Å². The zero-order valence-corrected chi connectivity index (χ0v) is 24.1. The molecular formula is C27H33F3N6O5S. The van der Waals surface area contributed by atoms with Gasteiger partial charge in [-0.1, -0.05) is 0 Å². The summed E-state index contributed by atoms with van der Waals surface area (Å²) < 4.78 is 72.8. The van der Waals surface area contributed by atoms with E-state index in [0.717, 1.165) is 7.11 Å². The van der Waals surface area contributed by atoms with Gasteiger partial charge in [0.15, 0.2) is 5.75 Å². The fourth-order valence-electron chi connectivity index (χ4n) is 5.83. The summed E-state index contributed by atoms with van der Waals surface area (Å²) in [6.45, 7) is 1.93. The van der Waals surface area contributed by atoms with E-state index in [1.807, 2.05) is 4.90 Å². The molecule has 11 nitrogen and oxygen atoms in total. The SMILES string of the molecule is COC(=O)CS(=O)(=O)Nc1ccc(C(=O)Nc2cc(C)nc(N3CCC(F)(F)CC3)n2)c(N2CCC3(CF)CC2C3)c1. The molecule has 3 aliphatic heterocycles. The highest BCUT2D eigenvalue weighted by Gasteiger charge is 2.51. The normalized spacial score (nSPS) is 23.1. The molecule has 42 heavy (non-hydrogen) atoms. The maximum absolute atomic E-state index is 13.7. The Labute approximate surface area is 241 Å². The van der Waals surface area contributed by atoms with Crippen molar-refractivity contribution in [2.45, 2.75) is 51.0 Å². The zero-order chi connectivity index (χ0) is 30.3. The third-order valence-corrected chi connectivity index (χ3v) is 9.33. The number of alkyl halides is 3. The summed E-state index contributed by atoms with van der Waals surface area (Å²) in [6.07, 6.45) is 1.19. The van der Waals surface area contributed by atoms with Gasteiger partial charge in [-0.05, 0) is 44.4 Å². The highest BCUT2D eigenvalue weighted by molar-refractivity contribution is 7.93. The summed E-state index contributed by atoms with van der Waals surface area (Å²) >= 11 is 0. The lowest BCUT2D eigenvalue weighted by Gasteiger charge is -2.57. The lowest BCUT2D eigenvalue weighted by molar-refractivity contribution is -0.137. The molecule has 1 amide bonds. The van der Waals surface area contributed by atoms with Crippen LogP contribution in [-0.2, 0) is 19.6 Å². The summed E-state index contributed by atoms with van der Waals surface area (Å²) in [5.41, 5.74) is 1.02. The highest BCUT2D eigenvalue weighted by Crippen LogP contribution is 2.52. The molecule has 1 aromatic carbocycles. The largest absolute Gasteiger partial charge is 0.468 e. The van der Waals surface area contributed by atoms with Gasteiger partial charge in [0.1, 0.15) is 5.82 Å². The van der Waals surface area contributed by atoms with E-state index < -0.39 is 40.2 Å². The number of aromatic nitrogens is 2. The van der Waals surface area contributed by atoms with Crippen LogP contribution in [0, 0.1) is 12.3 Å². The van der Waals surface area contributed by atoms with Crippen molar-refractivity contribution >= 4 is 45.0 Å². The molecule has 2 aromatic rings. The van der Waals surface area contributed by atoms with Gasteiger partial charge in [-0.2, -0.15) is 4.98 Å². The summed E-state index contributed by atoms with van der Waals surface area (Å²) in [7, 11) is -3.00. The number of amides is 1. The van der Waals surface area contributed by atoms with Crippen LogP contribution < -0.4 is 19.8 Å². The molecule has 0 radical (unpaired) electrons. The molecule has 1 saturated carbocycles. The molecule has 0 spiro atoms. The standard InChI is InChI=1S/C27H33F3N6O5S/c1-17-11-22(33-25(31-17)35-8-6-27(29,30)7-9-35)32-24(38)20-4-3-18(34-42(39,40)15-23(37)41-2)12-21(20)36-10-5-26(16-28)13-19(36)14-26/h3-4,11-12,19,34H,5-10,13-16H2,1-2H3,(H,31,32,33,38). The van der Waals surface area contributed by atoms with Crippen molar-refractivity contribution in [2.75, 3.05) is 59.0 Å². The number of nitrogens with zero attached hydrogens (tertiary/aromatic N) is 4. The summed E-state index contributed by atoms with van der Waals surface area (Å²) in [4.78, 5) is 37.6. The number of carbonyl (C=O) groups excluding carboxylic acids is 2. The third kappa shape index (κ3) is 6.40. The molecule has 1 aliphatic carbocycles. The summed E-state index contributed by atoms with van der Waals surface area (Å²) in [5, 5.41) is 2.77. The molecule has 1 aromatic heterocycles. The number of esters is 1. The molecule has 228 valence electrons.